The van der Waals surface area contributed by atoms with Gasteiger partial charge in [0.1, 0.15) is 0 Å². The summed E-state index contributed by atoms with van der Waals surface area (Å²) in [6.07, 6.45) is 4.35. The summed E-state index contributed by atoms with van der Waals surface area (Å²) >= 11 is 1.64. The number of benzene rings is 2. The summed E-state index contributed by atoms with van der Waals surface area (Å²) in [5.74, 6) is -1.09. The molecule has 0 saturated heterocycles. The largest absolute Gasteiger partial charge is 0.452 e. The normalized spacial score (nSPS) is 10.6. The number of rotatable bonds is 8. The fourth-order valence-corrected chi connectivity index (χ4v) is 2.74. The van der Waals surface area contributed by atoms with Gasteiger partial charge in [0.2, 0.25) is 0 Å². The van der Waals surface area contributed by atoms with Gasteiger partial charge in [0.15, 0.2) is 6.61 Å². The van der Waals surface area contributed by atoms with Crippen LogP contribution in [0.4, 0.5) is 5.69 Å². The van der Waals surface area contributed by atoms with Crippen LogP contribution in [0.3, 0.4) is 0 Å². The van der Waals surface area contributed by atoms with Gasteiger partial charge in [0.25, 0.3) is 11.6 Å². The Balaban J connectivity index is 1.86. The molecule has 0 aliphatic carbocycles. The van der Waals surface area contributed by atoms with Crippen LogP contribution in [-0.4, -0.2) is 41.6 Å². The number of hydrogen-bond donors (Lipinski definition) is 0. The number of likely N-dealkylation sites (N-methyl/N-ethyl adjacent to an activating group) is 1. The Bertz CT molecular complexity index is 880. The number of nitro benzene ring substituents is 1. The van der Waals surface area contributed by atoms with E-state index < -0.39 is 17.5 Å². The van der Waals surface area contributed by atoms with Crippen LogP contribution in [-0.2, 0) is 20.9 Å². The number of para-hydroxylation sites is 1. The first-order valence-corrected chi connectivity index (χ1v) is 9.58. The molecule has 1 amide bonds. The molecule has 0 aliphatic rings. The van der Waals surface area contributed by atoms with E-state index >= 15 is 0 Å². The molecule has 2 rings (SSSR count). The second-order valence-corrected chi connectivity index (χ2v) is 6.73. The van der Waals surface area contributed by atoms with Crippen molar-refractivity contribution >= 4 is 35.4 Å². The smallest absolute Gasteiger partial charge is 0.331 e. The van der Waals surface area contributed by atoms with Gasteiger partial charge in [0, 0.05) is 30.6 Å². The van der Waals surface area contributed by atoms with Crippen LogP contribution in [0.2, 0.25) is 0 Å². The molecule has 2 aromatic rings. The van der Waals surface area contributed by atoms with E-state index in [9.17, 15) is 19.7 Å². The summed E-state index contributed by atoms with van der Waals surface area (Å²) in [4.78, 5) is 36.9. The molecule has 0 N–H and O–H groups in total. The summed E-state index contributed by atoms with van der Waals surface area (Å²) in [5.41, 5.74) is 1.13. The molecule has 0 unspecified atom stereocenters. The highest BCUT2D eigenvalue weighted by Crippen LogP contribution is 2.19. The Labute approximate surface area is 167 Å². The Morgan fingerprint density at radius 2 is 1.86 bits per heavy atom. The van der Waals surface area contributed by atoms with Gasteiger partial charge in [0.05, 0.1) is 10.5 Å². The highest BCUT2D eigenvalue weighted by Gasteiger charge is 2.13. The molecule has 0 saturated carbocycles. The number of ether oxygens (including phenoxy) is 1. The third-order valence-electron chi connectivity index (χ3n) is 3.87. The number of esters is 1. The third-order valence-corrected chi connectivity index (χ3v) is 4.62. The molecule has 28 heavy (non-hydrogen) atoms. The lowest BCUT2D eigenvalue weighted by Gasteiger charge is -2.17. The predicted molar refractivity (Wildman–Crippen MR) is 108 cm³/mol. The van der Waals surface area contributed by atoms with Gasteiger partial charge >= 0.3 is 5.97 Å². The number of carbonyl (C=O) groups excluding carboxylic acids is 2. The average Bonchev–Trinajstić information content (AvgIpc) is 2.71. The number of carbonyl (C=O) groups is 2. The van der Waals surface area contributed by atoms with Crippen LogP contribution in [0.1, 0.15) is 11.1 Å². The van der Waals surface area contributed by atoms with Gasteiger partial charge in [-0.2, -0.15) is 0 Å². The summed E-state index contributed by atoms with van der Waals surface area (Å²) < 4.78 is 4.93. The van der Waals surface area contributed by atoms with Crippen molar-refractivity contribution in [3.05, 3.63) is 75.8 Å². The van der Waals surface area contributed by atoms with Gasteiger partial charge in [-0.25, -0.2) is 4.79 Å². The lowest BCUT2D eigenvalue weighted by atomic mass is 10.1. The fourth-order valence-electron chi connectivity index (χ4n) is 2.34. The van der Waals surface area contributed by atoms with Crippen LogP contribution in [0.5, 0.6) is 0 Å². The number of thioether (sulfide) groups is 1. The highest BCUT2D eigenvalue weighted by atomic mass is 32.2. The van der Waals surface area contributed by atoms with Crippen LogP contribution < -0.4 is 0 Å². The van der Waals surface area contributed by atoms with Crippen LogP contribution >= 0.6 is 11.8 Å². The third kappa shape index (κ3) is 6.24. The highest BCUT2D eigenvalue weighted by molar-refractivity contribution is 7.98. The first kappa shape index (κ1) is 21.2. The quantitative estimate of drug-likeness (QED) is 0.221. The Hall–Kier alpha value is -3.13. The summed E-state index contributed by atoms with van der Waals surface area (Å²) in [7, 11) is 1.63. The number of amides is 1. The Morgan fingerprint density at radius 3 is 2.50 bits per heavy atom. The number of hydrogen-bond acceptors (Lipinski definition) is 6. The lowest BCUT2D eigenvalue weighted by Crippen LogP contribution is -2.30. The Morgan fingerprint density at radius 1 is 1.18 bits per heavy atom. The van der Waals surface area contributed by atoms with Crippen molar-refractivity contribution < 1.29 is 19.2 Å². The molecule has 146 valence electrons. The molecule has 0 aromatic heterocycles. The second kappa shape index (κ2) is 10.3. The Kier molecular flexibility index (Phi) is 7.76. The fraction of sp³-hybridized carbons (Fsp3) is 0.200. The van der Waals surface area contributed by atoms with Gasteiger partial charge in [-0.05, 0) is 36.1 Å². The van der Waals surface area contributed by atoms with Gasteiger partial charge in [-0.3, -0.25) is 14.9 Å². The van der Waals surface area contributed by atoms with E-state index in [0.29, 0.717) is 6.54 Å². The summed E-state index contributed by atoms with van der Waals surface area (Å²) in [6.45, 7) is -0.00343. The summed E-state index contributed by atoms with van der Waals surface area (Å²) in [6, 6.07) is 13.9. The van der Waals surface area contributed by atoms with E-state index in [1.54, 1.807) is 24.9 Å². The minimum absolute atomic E-state index is 0.116. The first-order valence-electron chi connectivity index (χ1n) is 8.36. The SMILES string of the molecule is CSc1ccc(CN(C)C(=O)COC(=O)/C=C/c2ccccc2[N+](=O)[O-])cc1. The molecule has 0 bridgehead atoms. The minimum atomic E-state index is -0.746. The zero-order chi connectivity index (χ0) is 20.5. The van der Waals surface area contributed by atoms with Crippen molar-refractivity contribution in [3.8, 4) is 0 Å². The summed E-state index contributed by atoms with van der Waals surface area (Å²) in [5, 5.41) is 10.9. The zero-order valence-electron chi connectivity index (χ0n) is 15.5. The standard InChI is InChI=1S/C20H20N2O5S/c1-21(13-15-7-10-17(28-2)11-8-15)19(23)14-27-20(24)12-9-16-5-3-4-6-18(16)22(25)26/h3-12H,13-14H2,1-2H3/b12-9+. The number of nitro groups is 1. The maximum atomic E-state index is 12.1. The van der Waals surface area contributed by atoms with Crippen molar-refractivity contribution in [2.45, 2.75) is 11.4 Å². The van der Waals surface area contributed by atoms with Gasteiger partial charge in [-0.15, -0.1) is 11.8 Å². The van der Waals surface area contributed by atoms with E-state index in [-0.39, 0.29) is 17.2 Å². The van der Waals surface area contributed by atoms with Gasteiger partial charge < -0.3 is 9.64 Å². The van der Waals surface area contributed by atoms with Gasteiger partial charge in [-0.1, -0.05) is 24.3 Å². The second-order valence-electron chi connectivity index (χ2n) is 5.85. The molecule has 2 aromatic carbocycles. The zero-order valence-corrected chi connectivity index (χ0v) is 16.3. The van der Waals surface area contributed by atoms with Crippen molar-refractivity contribution in [2.75, 3.05) is 19.9 Å². The monoisotopic (exact) mass is 400 g/mol. The van der Waals surface area contributed by atoms with Crippen LogP contribution in [0, 0.1) is 10.1 Å². The topological polar surface area (TPSA) is 89.8 Å². The van der Waals surface area contributed by atoms with Crippen molar-refractivity contribution in [1.29, 1.82) is 0 Å². The molecule has 7 nitrogen and oxygen atoms in total. The molecule has 0 spiro atoms. The maximum Gasteiger partial charge on any atom is 0.331 e. The molecule has 0 atom stereocenters. The lowest BCUT2D eigenvalue weighted by molar-refractivity contribution is -0.385. The maximum absolute atomic E-state index is 12.1. The van der Waals surface area contributed by atoms with E-state index in [4.69, 9.17) is 4.74 Å². The van der Waals surface area contributed by atoms with Crippen molar-refractivity contribution in [1.82, 2.24) is 4.90 Å². The predicted octanol–water partition coefficient (Wildman–Crippen LogP) is 3.53. The van der Waals surface area contributed by atoms with E-state index in [1.807, 2.05) is 30.5 Å². The van der Waals surface area contributed by atoms with E-state index in [0.717, 1.165) is 16.5 Å². The molecule has 0 aliphatic heterocycles. The van der Waals surface area contributed by atoms with Crippen LogP contribution in [0.25, 0.3) is 6.08 Å². The first-order chi connectivity index (χ1) is 13.4. The molecule has 0 heterocycles. The molecule has 0 radical (unpaired) electrons. The van der Waals surface area contributed by atoms with Crippen molar-refractivity contribution in [2.24, 2.45) is 0 Å². The minimum Gasteiger partial charge on any atom is -0.452 e. The molecular weight excluding hydrogens is 380 g/mol. The van der Waals surface area contributed by atoms with Crippen molar-refractivity contribution in [3.63, 3.8) is 0 Å². The molecule has 8 heteroatoms. The molecular formula is C20H20N2O5S. The molecule has 0 fully saturated rings. The van der Waals surface area contributed by atoms with E-state index in [2.05, 4.69) is 0 Å². The van der Waals surface area contributed by atoms with E-state index in [1.165, 1.54) is 29.2 Å². The number of nitrogens with zero attached hydrogens (tertiary/aromatic N) is 2. The van der Waals surface area contributed by atoms with Crippen LogP contribution in [0.15, 0.2) is 59.5 Å². The average molecular weight is 400 g/mol.